The average molecular weight is 275 g/mol. The van der Waals surface area contributed by atoms with Gasteiger partial charge in [0.15, 0.2) is 0 Å². The van der Waals surface area contributed by atoms with Crippen molar-refractivity contribution in [2.75, 3.05) is 13.1 Å². The highest BCUT2D eigenvalue weighted by atomic mass is 16.5. The third-order valence-corrected chi connectivity index (χ3v) is 4.67. The summed E-state index contributed by atoms with van der Waals surface area (Å²) in [7, 11) is 0. The molecule has 0 bridgehead atoms. The molecule has 0 radical (unpaired) electrons. The zero-order valence-electron chi connectivity index (χ0n) is 12.4. The van der Waals surface area contributed by atoms with Crippen LogP contribution in [0.1, 0.15) is 57.3 Å². The second kappa shape index (κ2) is 6.64. The Labute approximate surface area is 121 Å². The standard InChI is InChI=1S/C16H25N3O/c1-13(16-17-9-4-10-18-16)19-11-7-15(8-12-19)20-14-5-2-3-6-14/h4,9-10,13-15H,2-3,5-8,11-12H2,1H3. The topological polar surface area (TPSA) is 38.2 Å². The molecule has 1 aliphatic carbocycles. The highest BCUT2D eigenvalue weighted by molar-refractivity contribution is 4.96. The summed E-state index contributed by atoms with van der Waals surface area (Å²) in [5, 5.41) is 0. The first-order chi connectivity index (χ1) is 9.83. The molecule has 1 aromatic rings. The van der Waals surface area contributed by atoms with Crippen LogP contribution >= 0.6 is 0 Å². The third-order valence-electron chi connectivity index (χ3n) is 4.67. The van der Waals surface area contributed by atoms with Crippen molar-refractivity contribution in [3.05, 3.63) is 24.3 Å². The molecule has 3 rings (SSSR count). The van der Waals surface area contributed by atoms with Crippen LogP contribution in [0.3, 0.4) is 0 Å². The molecule has 0 N–H and O–H groups in total. The predicted molar refractivity (Wildman–Crippen MR) is 78.4 cm³/mol. The molecule has 4 nitrogen and oxygen atoms in total. The van der Waals surface area contributed by atoms with E-state index in [9.17, 15) is 0 Å². The van der Waals surface area contributed by atoms with Gasteiger partial charge in [-0.1, -0.05) is 12.8 Å². The minimum Gasteiger partial charge on any atom is -0.375 e. The van der Waals surface area contributed by atoms with Crippen LogP contribution in [0.15, 0.2) is 18.5 Å². The molecule has 2 heterocycles. The summed E-state index contributed by atoms with van der Waals surface area (Å²) in [5.74, 6) is 0.933. The molecule has 0 spiro atoms. The van der Waals surface area contributed by atoms with E-state index in [1.54, 1.807) is 0 Å². The third kappa shape index (κ3) is 3.36. The fraction of sp³-hybridized carbons (Fsp3) is 0.750. The van der Waals surface area contributed by atoms with Gasteiger partial charge in [-0.05, 0) is 38.7 Å². The molecule has 0 aromatic carbocycles. The molecule has 1 saturated carbocycles. The molecule has 110 valence electrons. The molecule has 4 heteroatoms. The fourth-order valence-electron chi connectivity index (χ4n) is 3.39. The highest BCUT2D eigenvalue weighted by Crippen LogP contribution is 2.27. The van der Waals surface area contributed by atoms with Gasteiger partial charge in [0.25, 0.3) is 0 Å². The van der Waals surface area contributed by atoms with Crippen LogP contribution in [0.5, 0.6) is 0 Å². The quantitative estimate of drug-likeness (QED) is 0.847. The highest BCUT2D eigenvalue weighted by Gasteiger charge is 2.27. The van der Waals surface area contributed by atoms with Gasteiger partial charge in [0.05, 0.1) is 18.2 Å². The van der Waals surface area contributed by atoms with Crippen LogP contribution in [0.25, 0.3) is 0 Å². The van der Waals surface area contributed by atoms with Gasteiger partial charge in [-0.3, -0.25) is 4.90 Å². The predicted octanol–water partition coefficient (Wildman–Crippen LogP) is 2.96. The molecule has 2 aliphatic rings. The van der Waals surface area contributed by atoms with Gasteiger partial charge >= 0.3 is 0 Å². The summed E-state index contributed by atoms with van der Waals surface area (Å²) >= 11 is 0. The number of likely N-dealkylation sites (tertiary alicyclic amines) is 1. The Morgan fingerprint density at radius 2 is 1.65 bits per heavy atom. The molecule has 1 aliphatic heterocycles. The Morgan fingerprint density at radius 3 is 2.30 bits per heavy atom. The molecule has 1 atom stereocenters. The summed E-state index contributed by atoms with van der Waals surface area (Å²) < 4.78 is 6.23. The van der Waals surface area contributed by atoms with Crippen molar-refractivity contribution in [3.8, 4) is 0 Å². The molecule has 1 unspecified atom stereocenters. The minimum absolute atomic E-state index is 0.309. The lowest BCUT2D eigenvalue weighted by Crippen LogP contribution is -2.40. The lowest BCUT2D eigenvalue weighted by Gasteiger charge is -2.36. The van der Waals surface area contributed by atoms with E-state index in [-0.39, 0.29) is 0 Å². The fourth-order valence-corrected chi connectivity index (χ4v) is 3.39. The normalized spacial score (nSPS) is 24.1. The summed E-state index contributed by atoms with van der Waals surface area (Å²) in [6, 6.07) is 2.18. The van der Waals surface area contributed by atoms with Gasteiger partial charge in [-0.2, -0.15) is 0 Å². The maximum absolute atomic E-state index is 6.23. The number of aromatic nitrogens is 2. The second-order valence-corrected chi connectivity index (χ2v) is 6.06. The SMILES string of the molecule is CC(c1ncccn1)N1CCC(OC2CCCC2)CC1. The van der Waals surface area contributed by atoms with Crippen LogP contribution in [0, 0.1) is 0 Å². The van der Waals surface area contributed by atoms with Gasteiger partial charge in [0.1, 0.15) is 5.82 Å². The zero-order chi connectivity index (χ0) is 13.8. The van der Waals surface area contributed by atoms with Crippen LogP contribution in [0.2, 0.25) is 0 Å². The van der Waals surface area contributed by atoms with E-state index in [0.717, 1.165) is 31.8 Å². The van der Waals surface area contributed by atoms with Gasteiger partial charge in [-0.15, -0.1) is 0 Å². The first-order valence-corrected chi connectivity index (χ1v) is 7.99. The molecular formula is C16H25N3O. The zero-order valence-corrected chi connectivity index (χ0v) is 12.4. The van der Waals surface area contributed by atoms with E-state index in [1.165, 1.54) is 25.7 Å². The van der Waals surface area contributed by atoms with E-state index in [2.05, 4.69) is 21.8 Å². The molecule has 1 saturated heterocycles. The first kappa shape index (κ1) is 14.0. The first-order valence-electron chi connectivity index (χ1n) is 7.99. The largest absolute Gasteiger partial charge is 0.375 e. The molecule has 2 fully saturated rings. The summed E-state index contributed by atoms with van der Waals surface area (Å²) in [4.78, 5) is 11.2. The molecule has 0 amide bonds. The smallest absolute Gasteiger partial charge is 0.145 e. The monoisotopic (exact) mass is 275 g/mol. The lowest BCUT2D eigenvalue weighted by molar-refractivity contribution is -0.0442. The van der Waals surface area contributed by atoms with Crippen LogP contribution in [-0.4, -0.2) is 40.2 Å². The van der Waals surface area contributed by atoms with Crippen molar-refractivity contribution in [1.82, 2.24) is 14.9 Å². The number of ether oxygens (including phenoxy) is 1. The van der Waals surface area contributed by atoms with Gasteiger partial charge in [0.2, 0.25) is 0 Å². The van der Waals surface area contributed by atoms with E-state index < -0.39 is 0 Å². The van der Waals surface area contributed by atoms with Crippen molar-refractivity contribution in [2.45, 2.75) is 63.7 Å². The molecular weight excluding hydrogens is 250 g/mol. The van der Waals surface area contributed by atoms with Gasteiger partial charge in [0, 0.05) is 25.5 Å². The Kier molecular flexibility index (Phi) is 4.63. The lowest BCUT2D eigenvalue weighted by atomic mass is 10.1. The van der Waals surface area contributed by atoms with E-state index in [0.29, 0.717) is 18.2 Å². The molecule has 20 heavy (non-hydrogen) atoms. The number of piperidine rings is 1. The van der Waals surface area contributed by atoms with E-state index >= 15 is 0 Å². The summed E-state index contributed by atoms with van der Waals surface area (Å²) in [6.45, 7) is 4.39. The van der Waals surface area contributed by atoms with Crippen molar-refractivity contribution >= 4 is 0 Å². The minimum atomic E-state index is 0.309. The van der Waals surface area contributed by atoms with Crippen molar-refractivity contribution in [1.29, 1.82) is 0 Å². The number of hydrogen-bond acceptors (Lipinski definition) is 4. The maximum atomic E-state index is 6.23. The summed E-state index contributed by atoms with van der Waals surface area (Å²) in [5.41, 5.74) is 0. The Balaban J connectivity index is 1.48. The second-order valence-electron chi connectivity index (χ2n) is 6.06. The average Bonchev–Trinajstić information content (AvgIpc) is 3.01. The Hall–Kier alpha value is -1.00. The van der Waals surface area contributed by atoms with Crippen LogP contribution in [-0.2, 0) is 4.74 Å². The van der Waals surface area contributed by atoms with Crippen molar-refractivity contribution in [2.24, 2.45) is 0 Å². The Morgan fingerprint density at radius 1 is 1.05 bits per heavy atom. The van der Waals surface area contributed by atoms with Crippen LogP contribution in [0.4, 0.5) is 0 Å². The van der Waals surface area contributed by atoms with E-state index in [4.69, 9.17) is 4.74 Å². The van der Waals surface area contributed by atoms with Gasteiger partial charge in [-0.25, -0.2) is 9.97 Å². The molecule has 1 aromatic heterocycles. The van der Waals surface area contributed by atoms with Crippen molar-refractivity contribution < 1.29 is 4.74 Å². The summed E-state index contributed by atoms with van der Waals surface area (Å²) in [6.07, 6.45) is 12.2. The van der Waals surface area contributed by atoms with Crippen molar-refractivity contribution in [3.63, 3.8) is 0 Å². The number of rotatable bonds is 4. The van der Waals surface area contributed by atoms with Gasteiger partial charge < -0.3 is 4.74 Å². The Bertz CT molecular complexity index is 397. The maximum Gasteiger partial charge on any atom is 0.145 e. The van der Waals surface area contributed by atoms with Crippen LogP contribution < -0.4 is 0 Å². The van der Waals surface area contributed by atoms with E-state index in [1.807, 2.05) is 18.5 Å². The number of nitrogens with zero attached hydrogens (tertiary/aromatic N) is 3. The number of hydrogen-bond donors (Lipinski definition) is 0.